The normalized spacial score (nSPS) is 11.7. The Morgan fingerprint density at radius 2 is 1.79 bits per heavy atom. The summed E-state index contributed by atoms with van der Waals surface area (Å²) in [6.45, 7) is 8.02. The van der Waals surface area contributed by atoms with E-state index in [-0.39, 0.29) is 11.2 Å². The Bertz CT molecular complexity index is 618. The molecule has 4 heteroatoms. The Morgan fingerprint density at radius 3 is 2.37 bits per heavy atom. The fourth-order valence-corrected chi connectivity index (χ4v) is 1.98. The lowest BCUT2D eigenvalue weighted by Gasteiger charge is -2.18. The van der Waals surface area contributed by atoms with Crippen LogP contribution in [0.4, 0.5) is 4.39 Å². The third-order valence-corrected chi connectivity index (χ3v) is 3.09. The van der Waals surface area contributed by atoms with Crippen LogP contribution in [0.2, 0.25) is 5.15 Å². The molecule has 0 aliphatic carbocycles. The van der Waals surface area contributed by atoms with Crippen molar-refractivity contribution in [3.63, 3.8) is 0 Å². The van der Waals surface area contributed by atoms with Crippen molar-refractivity contribution in [1.29, 1.82) is 0 Å². The molecule has 0 amide bonds. The Kier molecular flexibility index (Phi) is 3.59. The van der Waals surface area contributed by atoms with Crippen LogP contribution in [0.15, 0.2) is 24.3 Å². The first-order chi connectivity index (χ1) is 8.77. The van der Waals surface area contributed by atoms with Crippen molar-refractivity contribution in [2.45, 2.75) is 33.1 Å². The lowest BCUT2D eigenvalue weighted by Crippen LogP contribution is -2.14. The van der Waals surface area contributed by atoms with Gasteiger partial charge in [-0.15, -0.1) is 0 Å². The van der Waals surface area contributed by atoms with Crippen LogP contribution in [0, 0.1) is 12.7 Å². The highest BCUT2D eigenvalue weighted by Gasteiger charge is 2.18. The lowest BCUT2D eigenvalue weighted by molar-refractivity contribution is 0.568. The van der Waals surface area contributed by atoms with Gasteiger partial charge in [0.05, 0.1) is 5.69 Å². The predicted octanol–water partition coefficient (Wildman–Crippen LogP) is 4.54. The van der Waals surface area contributed by atoms with E-state index in [2.05, 4.69) is 30.7 Å². The van der Waals surface area contributed by atoms with Crippen molar-refractivity contribution in [1.82, 2.24) is 9.97 Å². The van der Waals surface area contributed by atoms with E-state index in [0.29, 0.717) is 11.0 Å². The molecule has 0 aliphatic rings. The van der Waals surface area contributed by atoms with Crippen LogP contribution in [0.25, 0.3) is 11.4 Å². The number of halogens is 2. The zero-order valence-electron chi connectivity index (χ0n) is 11.5. The Labute approximate surface area is 117 Å². The molecule has 0 bridgehead atoms. The summed E-state index contributed by atoms with van der Waals surface area (Å²) in [5.74, 6) is 0.272. The van der Waals surface area contributed by atoms with Crippen molar-refractivity contribution in [3.8, 4) is 11.4 Å². The topological polar surface area (TPSA) is 25.8 Å². The van der Waals surface area contributed by atoms with Crippen molar-refractivity contribution in [2.24, 2.45) is 0 Å². The van der Waals surface area contributed by atoms with Crippen LogP contribution in [-0.4, -0.2) is 9.97 Å². The van der Waals surface area contributed by atoms with Gasteiger partial charge in [0.1, 0.15) is 11.0 Å². The van der Waals surface area contributed by atoms with Gasteiger partial charge in [-0.1, -0.05) is 32.4 Å². The predicted molar refractivity (Wildman–Crippen MR) is 75.9 cm³/mol. The van der Waals surface area contributed by atoms with Gasteiger partial charge in [0.15, 0.2) is 5.82 Å². The highest BCUT2D eigenvalue weighted by atomic mass is 35.5. The van der Waals surface area contributed by atoms with Gasteiger partial charge in [0.2, 0.25) is 0 Å². The van der Waals surface area contributed by atoms with Gasteiger partial charge in [0, 0.05) is 11.0 Å². The van der Waals surface area contributed by atoms with E-state index in [4.69, 9.17) is 11.6 Å². The van der Waals surface area contributed by atoms with Gasteiger partial charge in [-0.3, -0.25) is 0 Å². The largest absolute Gasteiger partial charge is 0.232 e. The van der Waals surface area contributed by atoms with Crippen LogP contribution in [0.5, 0.6) is 0 Å². The molecule has 0 aliphatic heterocycles. The standard InChI is InChI=1S/C15H16ClFN2/c1-9-7-10(17)5-6-11(9)14-18-12(15(2,3)4)8-13(16)19-14/h5-8H,1-4H3. The molecule has 19 heavy (non-hydrogen) atoms. The van der Waals surface area contributed by atoms with Crippen LogP contribution in [-0.2, 0) is 5.41 Å². The molecule has 0 fully saturated rings. The second-order valence-corrected chi connectivity index (χ2v) is 6.00. The zero-order chi connectivity index (χ0) is 14.2. The molecule has 100 valence electrons. The minimum Gasteiger partial charge on any atom is -0.232 e. The molecule has 0 unspecified atom stereocenters. The van der Waals surface area contributed by atoms with Gasteiger partial charge >= 0.3 is 0 Å². The maximum absolute atomic E-state index is 13.1. The fourth-order valence-electron chi connectivity index (χ4n) is 1.80. The summed E-state index contributed by atoms with van der Waals surface area (Å²) in [7, 11) is 0. The van der Waals surface area contributed by atoms with Crippen molar-refractivity contribution in [2.75, 3.05) is 0 Å². The number of benzene rings is 1. The summed E-state index contributed by atoms with van der Waals surface area (Å²) in [5, 5.41) is 0.402. The molecule has 1 aromatic heterocycles. The summed E-state index contributed by atoms with van der Waals surface area (Å²) in [5.41, 5.74) is 2.35. The second kappa shape index (κ2) is 4.89. The molecule has 0 atom stereocenters. The number of hydrogen-bond acceptors (Lipinski definition) is 2. The second-order valence-electron chi connectivity index (χ2n) is 5.61. The van der Waals surface area contributed by atoms with Crippen LogP contribution in [0.1, 0.15) is 32.0 Å². The quantitative estimate of drug-likeness (QED) is 0.716. The van der Waals surface area contributed by atoms with Crippen LogP contribution < -0.4 is 0 Å². The van der Waals surface area contributed by atoms with Gasteiger partial charge in [-0.25, -0.2) is 14.4 Å². The van der Waals surface area contributed by atoms with Gasteiger partial charge in [-0.05, 0) is 36.8 Å². The zero-order valence-corrected chi connectivity index (χ0v) is 12.2. The SMILES string of the molecule is Cc1cc(F)ccc1-c1nc(Cl)cc(C(C)(C)C)n1. The number of hydrogen-bond donors (Lipinski definition) is 0. The molecule has 0 saturated heterocycles. The molecule has 1 aromatic carbocycles. The molecule has 0 N–H and O–H groups in total. The Morgan fingerprint density at radius 1 is 1.11 bits per heavy atom. The molecule has 0 spiro atoms. The van der Waals surface area contributed by atoms with E-state index in [1.165, 1.54) is 12.1 Å². The van der Waals surface area contributed by atoms with Crippen LogP contribution in [0.3, 0.4) is 0 Å². The highest BCUT2D eigenvalue weighted by Crippen LogP contribution is 2.27. The number of nitrogens with zero attached hydrogens (tertiary/aromatic N) is 2. The van der Waals surface area contributed by atoms with Crippen molar-refractivity contribution < 1.29 is 4.39 Å². The third-order valence-electron chi connectivity index (χ3n) is 2.89. The first kappa shape index (κ1) is 13.9. The molecular formula is C15H16ClFN2. The first-order valence-electron chi connectivity index (χ1n) is 6.09. The number of rotatable bonds is 1. The lowest BCUT2D eigenvalue weighted by atomic mass is 9.92. The van der Waals surface area contributed by atoms with E-state index in [1.807, 2.05) is 6.92 Å². The summed E-state index contributed by atoms with van der Waals surface area (Å²) >= 11 is 6.06. The summed E-state index contributed by atoms with van der Waals surface area (Å²) in [4.78, 5) is 8.79. The number of aryl methyl sites for hydroxylation is 1. The third kappa shape index (κ3) is 3.10. The summed E-state index contributed by atoms with van der Waals surface area (Å²) < 4.78 is 13.1. The van der Waals surface area contributed by atoms with E-state index >= 15 is 0 Å². The summed E-state index contributed by atoms with van der Waals surface area (Å²) in [6, 6.07) is 6.33. The molecule has 1 heterocycles. The molecular weight excluding hydrogens is 263 g/mol. The first-order valence-corrected chi connectivity index (χ1v) is 6.47. The van der Waals surface area contributed by atoms with Gasteiger partial charge in [0.25, 0.3) is 0 Å². The van der Waals surface area contributed by atoms with Gasteiger partial charge < -0.3 is 0 Å². The molecule has 2 aromatic rings. The minimum absolute atomic E-state index is 0.116. The smallest absolute Gasteiger partial charge is 0.161 e. The molecule has 2 rings (SSSR count). The maximum atomic E-state index is 13.1. The average Bonchev–Trinajstić information content (AvgIpc) is 2.26. The van der Waals surface area contributed by atoms with Crippen molar-refractivity contribution in [3.05, 3.63) is 46.5 Å². The van der Waals surface area contributed by atoms with E-state index in [1.54, 1.807) is 12.1 Å². The average molecular weight is 279 g/mol. The Balaban J connectivity index is 2.59. The van der Waals surface area contributed by atoms with Crippen LogP contribution >= 0.6 is 11.6 Å². The highest BCUT2D eigenvalue weighted by molar-refractivity contribution is 6.29. The van der Waals surface area contributed by atoms with Gasteiger partial charge in [-0.2, -0.15) is 0 Å². The monoisotopic (exact) mass is 278 g/mol. The number of aromatic nitrogens is 2. The Hall–Kier alpha value is -1.48. The van der Waals surface area contributed by atoms with E-state index in [0.717, 1.165) is 16.8 Å². The van der Waals surface area contributed by atoms with E-state index in [9.17, 15) is 4.39 Å². The molecule has 0 radical (unpaired) electrons. The molecule has 0 saturated carbocycles. The van der Waals surface area contributed by atoms with Crippen molar-refractivity contribution >= 4 is 11.6 Å². The molecule has 2 nitrogen and oxygen atoms in total. The fraction of sp³-hybridized carbons (Fsp3) is 0.333. The summed E-state index contributed by atoms with van der Waals surface area (Å²) in [6.07, 6.45) is 0. The maximum Gasteiger partial charge on any atom is 0.161 e. The van der Waals surface area contributed by atoms with E-state index < -0.39 is 0 Å². The minimum atomic E-state index is -0.265.